The van der Waals surface area contributed by atoms with E-state index in [2.05, 4.69) is 0 Å². The Bertz CT molecular complexity index is 420. The summed E-state index contributed by atoms with van der Waals surface area (Å²) < 4.78 is 0. The number of anilines is 1. The fourth-order valence-corrected chi connectivity index (χ4v) is 3.66. The van der Waals surface area contributed by atoms with E-state index in [0.29, 0.717) is 0 Å². The number of ketones is 1. The largest absolute Gasteiger partial charge is 0.390 e. The fourth-order valence-electron chi connectivity index (χ4n) is 2.50. The minimum atomic E-state index is 0.0430. The molecule has 2 nitrogen and oxygen atoms in total. The van der Waals surface area contributed by atoms with Gasteiger partial charge in [0.05, 0.1) is 10.6 Å². The van der Waals surface area contributed by atoms with Crippen LogP contribution < -0.4 is 5.73 Å². The standard InChI is InChI=1S/C14H21NOS/c1-9(2)13(16)12-10-7-5-3-4-6-8-11(10)17-14(12)15/h9H,3-8,15H2,1-2H3. The van der Waals surface area contributed by atoms with Crippen LogP contribution in [0.2, 0.25) is 0 Å². The van der Waals surface area contributed by atoms with Crippen molar-refractivity contribution >= 4 is 22.1 Å². The number of nitrogens with two attached hydrogens (primary N) is 1. The Morgan fingerprint density at radius 3 is 2.47 bits per heavy atom. The second kappa shape index (κ2) is 5.21. The molecular weight excluding hydrogens is 230 g/mol. The van der Waals surface area contributed by atoms with Crippen molar-refractivity contribution < 1.29 is 4.79 Å². The number of thiophene rings is 1. The third kappa shape index (κ3) is 2.54. The number of nitrogen functional groups attached to an aromatic ring is 1. The van der Waals surface area contributed by atoms with Crippen LogP contribution in [0, 0.1) is 5.92 Å². The number of hydrogen-bond donors (Lipinski definition) is 1. The summed E-state index contributed by atoms with van der Waals surface area (Å²) in [6.07, 6.45) is 7.17. The molecule has 17 heavy (non-hydrogen) atoms. The van der Waals surface area contributed by atoms with Gasteiger partial charge in [-0.3, -0.25) is 4.79 Å². The highest BCUT2D eigenvalue weighted by Crippen LogP contribution is 2.36. The topological polar surface area (TPSA) is 43.1 Å². The number of rotatable bonds is 2. The highest BCUT2D eigenvalue weighted by molar-refractivity contribution is 7.16. The lowest BCUT2D eigenvalue weighted by molar-refractivity contribution is 0.0939. The van der Waals surface area contributed by atoms with E-state index in [9.17, 15) is 4.79 Å². The van der Waals surface area contributed by atoms with Gasteiger partial charge in [0.25, 0.3) is 0 Å². The lowest BCUT2D eigenvalue weighted by Gasteiger charge is -2.12. The Hall–Kier alpha value is -0.830. The van der Waals surface area contributed by atoms with Crippen LogP contribution in [0.1, 0.15) is 60.3 Å². The summed E-state index contributed by atoms with van der Waals surface area (Å²) in [6, 6.07) is 0. The summed E-state index contributed by atoms with van der Waals surface area (Å²) in [4.78, 5) is 13.6. The van der Waals surface area contributed by atoms with Crippen molar-refractivity contribution in [1.82, 2.24) is 0 Å². The van der Waals surface area contributed by atoms with E-state index < -0.39 is 0 Å². The molecular formula is C14H21NOS. The van der Waals surface area contributed by atoms with Crippen molar-refractivity contribution in [3.8, 4) is 0 Å². The van der Waals surface area contributed by atoms with Gasteiger partial charge in [-0.15, -0.1) is 11.3 Å². The maximum atomic E-state index is 12.2. The van der Waals surface area contributed by atoms with Crippen LogP contribution >= 0.6 is 11.3 Å². The van der Waals surface area contributed by atoms with Gasteiger partial charge in [0, 0.05) is 10.8 Å². The van der Waals surface area contributed by atoms with Crippen LogP contribution in [0.25, 0.3) is 0 Å². The predicted octanol–water partition coefficient (Wildman–Crippen LogP) is 3.83. The predicted molar refractivity (Wildman–Crippen MR) is 73.8 cm³/mol. The number of Topliss-reactive ketones (excluding diaryl/α,β-unsaturated/α-hetero) is 1. The Kier molecular flexibility index (Phi) is 3.87. The summed E-state index contributed by atoms with van der Waals surface area (Å²) in [5.74, 6) is 0.266. The quantitative estimate of drug-likeness (QED) is 0.812. The summed E-state index contributed by atoms with van der Waals surface area (Å²) in [7, 11) is 0. The van der Waals surface area contributed by atoms with E-state index in [1.54, 1.807) is 11.3 Å². The molecule has 0 spiro atoms. The Balaban J connectivity index is 2.41. The minimum Gasteiger partial charge on any atom is -0.390 e. The van der Waals surface area contributed by atoms with Crippen molar-refractivity contribution in [3.05, 3.63) is 16.0 Å². The highest BCUT2D eigenvalue weighted by Gasteiger charge is 2.24. The molecule has 0 saturated carbocycles. The van der Waals surface area contributed by atoms with Crippen LogP contribution in [0.5, 0.6) is 0 Å². The Morgan fingerprint density at radius 1 is 1.18 bits per heavy atom. The average molecular weight is 251 g/mol. The van der Waals surface area contributed by atoms with E-state index >= 15 is 0 Å². The van der Waals surface area contributed by atoms with E-state index in [0.717, 1.165) is 23.4 Å². The van der Waals surface area contributed by atoms with Crippen molar-refractivity contribution in [2.75, 3.05) is 5.73 Å². The number of hydrogen-bond acceptors (Lipinski definition) is 3. The molecule has 0 bridgehead atoms. The second-order valence-electron chi connectivity index (χ2n) is 5.18. The van der Waals surface area contributed by atoms with Gasteiger partial charge in [0.15, 0.2) is 5.78 Å². The summed E-state index contributed by atoms with van der Waals surface area (Å²) in [5.41, 5.74) is 8.18. The van der Waals surface area contributed by atoms with Gasteiger partial charge in [-0.05, 0) is 31.2 Å². The maximum Gasteiger partial charge on any atom is 0.168 e. The molecule has 94 valence electrons. The third-order valence-electron chi connectivity index (χ3n) is 3.47. The first-order chi connectivity index (χ1) is 8.11. The first kappa shape index (κ1) is 12.6. The summed E-state index contributed by atoms with van der Waals surface area (Å²) >= 11 is 1.64. The van der Waals surface area contributed by atoms with Crippen molar-refractivity contribution in [1.29, 1.82) is 0 Å². The van der Waals surface area contributed by atoms with Crippen molar-refractivity contribution in [3.63, 3.8) is 0 Å². The molecule has 0 fully saturated rings. The van der Waals surface area contributed by atoms with Gasteiger partial charge in [0.2, 0.25) is 0 Å². The average Bonchev–Trinajstić information content (AvgIpc) is 2.53. The van der Waals surface area contributed by atoms with E-state index in [-0.39, 0.29) is 11.7 Å². The number of fused-ring (bicyclic) bond motifs is 1. The first-order valence-electron chi connectivity index (χ1n) is 6.55. The number of carbonyl (C=O) groups is 1. The molecule has 1 aliphatic rings. The molecule has 0 unspecified atom stereocenters. The zero-order valence-corrected chi connectivity index (χ0v) is 11.5. The lowest BCUT2D eigenvalue weighted by atomic mass is 9.92. The molecule has 1 aliphatic carbocycles. The molecule has 0 radical (unpaired) electrons. The molecule has 0 amide bonds. The fraction of sp³-hybridized carbons (Fsp3) is 0.643. The van der Waals surface area contributed by atoms with Gasteiger partial charge in [0.1, 0.15) is 0 Å². The summed E-state index contributed by atoms with van der Waals surface area (Å²) in [5, 5.41) is 0.746. The molecule has 3 heteroatoms. The Morgan fingerprint density at radius 2 is 1.82 bits per heavy atom. The SMILES string of the molecule is CC(C)C(=O)c1c(N)sc2c1CCCCCC2. The normalized spacial score (nSPS) is 16.4. The minimum absolute atomic E-state index is 0.0430. The molecule has 2 N–H and O–H groups in total. The van der Waals surface area contributed by atoms with Crippen LogP contribution in [-0.4, -0.2) is 5.78 Å². The van der Waals surface area contributed by atoms with Crippen LogP contribution in [0.15, 0.2) is 0 Å². The first-order valence-corrected chi connectivity index (χ1v) is 7.37. The van der Waals surface area contributed by atoms with Gasteiger partial charge >= 0.3 is 0 Å². The summed E-state index contributed by atoms with van der Waals surface area (Å²) in [6.45, 7) is 3.91. The molecule has 0 aliphatic heterocycles. The van der Waals surface area contributed by atoms with Gasteiger partial charge in [-0.25, -0.2) is 0 Å². The van der Waals surface area contributed by atoms with Gasteiger partial charge in [-0.2, -0.15) is 0 Å². The van der Waals surface area contributed by atoms with Gasteiger partial charge in [-0.1, -0.05) is 26.7 Å². The van der Waals surface area contributed by atoms with Crippen LogP contribution in [0.3, 0.4) is 0 Å². The second-order valence-corrected chi connectivity index (χ2v) is 6.31. The molecule has 0 atom stereocenters. The molecule has 0 saturated heterocycles. The molecule has 0 aromatic carbocycles. The van der Waals surface area contributed by atoms with E-state index in [1.165, 1.54) is 36.1 Å². The zero-order valence-electron chi connectivity index (χ0n) is 10.7. The molecule has 1 aromatic heterocycles. The smallest absolute Gasteiger partial charge is 0.168 e. The molecule has 1 heterocycles. The zero-order chi connectivity index (χ0) is 12.4. The van der Waals surface area contributed by atoms with Gasteiger partial charge < -0.3 is 5.73 Å². The lowest BCUT2D eigenvalue weighted by Crippen LogP contribution is -2.12. The number of carbonyl (C=O) groups excluding carboxylic acids is 1. The van der Waals surface area contributed by atoms with Crippen molar-refractivity contribution in [2.45, 2.75) is 52.4 Å². The van der Waals surface area contributed by atoms with Crippen molar-refractivity contribution in [2.24, 2.45) is 5.92 Å². The maximum absolute atomic E-state index is 12.2. The van der Waals surface area contributed by atoms with E-state index in [1.807, 2.05) is 13.8 Å². The van der Waals surface area contributed by atoms with Crippen LogP contribution in [-0.2, 0) is 12.8 Å². The Labute approximate surface area is 107 Å². The highest BCUT2D eigenvalue weighted by atomic mass is 32.1. The molecule has 2 rings (SSSR count). The molecule has 1 aromatic rings. The number of aryl methyl sites for hydroxylation is 1. The third-order valence-corrected chi connectivity index (χ3v) is 4.59. The monoisotopic (exact) mass is 251 g/mol. The van der Waals surface area contributed by atoms with E-state index in [4.69, 9.17) is 5.73 Å². The van der Waals surface area contributed by atoms with Crippen LogP contribution in [0.4, 0.5) is 5.00 Å².